The molecule has 8 nitrogen and oxygen atoms in total. The lowest BCUT2D eigenvalue weighted by Crippen LogP contribution is -2.30. The SMILES string of the molecule is C=CCOCC(COc1c2ccccc2c(OCC(COCC=C)OC(=O)CCCCC)c2cc(C)ccc12)OC(=O)CCCCC. The summed E-state index contributed by atoms with van der Waals surface area (Å²) in [7, 11) is 0. The summed E-state index contributed by atoms with van der Waals surface area (Å²) in [5, 5.41) is 3.39. The third kappa shape index (κ3) is 12.3. The molecule has 0 radical (unpaired) electrons. The van der Waals surface area contributed by atoms with Crippen LogP contribution in [0.2, 0.25) is 0 Å². The number of aryl methyl sites for hydroxylation is 1. The van der Waals surface area contributed by atoms with Gasteiger partial charge in [-0.3, -0.25) is 9.59 Å². The average molecular weight is 649 g/mol. The molecule has 3 aromatic carbocycles. The second-order valence-electron chi connectivity index (χ2n) is 11.7. The van der Waals surface area contributed by atoms with Crippen molar-refractivity contribution in [1.29, 1.82) is 0 Å². The molecule has 0 heterocycles. The first-order valence-corrected chi connectivity index (χ1v) is 16.9. The number of carbonyl (C=O) groups is 2. The number of carbonyl (C=O) groups excluding carboxylic acids is 2. The molecule has 2 atom stereocenters. The summed E-state index contributed by atoms with van der Waals surface area (Å²) < 4.78 is 35.9. The van der Waals surface area contributed by atoms with Crippen LogP contribution in [0, 0.1) is 6.92 Å². The number of unbranched alkanes of at least 4 members (excludes halogenated alkanes) is 4. The third-order valence-electron chi connectivity index (χ3n) is 7.55. The van der Waals surface area contributed by atoms with Gasteiger partial charge in [-0.2, -0.15) is 0 Å². The lowest BCUT2D eigenvalue weighted by molar-refractivity contribution is -0.154. The molecule has 3 aromatic rings. The number of benzene rings is 3. The molecular formula is C39H52O8. The summed E-state index contributed by atoms with van der Waals surface area (Å²) in [6, 6.07) is 14.0. The van der Waals surface area contributed by atoms with Crippen LogP contribution >= 0.6 is 0 Å². The molecule has 0 fully saturated rings. The predicted molar refractivity (Wildman–Crippen MR) is 187 cm³/mol. The monoisotopic (exact) mass is 648 g/mol. The van der Waals surface area contributed by atoms with Crippen LogP contribution in [0.1, 0.15) is 70.8 Å². The molecule has 256 valence electrons. The molecule has 0 saturated heterocycles. The fourth-order valence-corrected chi connectivity index (χ4v) is 5.20. The molecule has 2 unspecified atom stereocenters. The van der Waals surface area contributed by atoms with E-state index in [9.17, 15) is 9.59 Å². The van der Waals surface area contributed by atoms with Crippen molar-refractivity contribution < 1.29 is 38.0 Å². The van der Waals surface area contributed by atoms with Gasteiger partial charge < -0.3 is 28.4 Å². The van der Waals surface area contributed by atoms with E-state index in [1.807, 2.05) is 43.3 Å². The van der Waals surface area contributed by atoms with Crippen molar-refractivity contribution in [3.8, 4) is 11.5 Å². The van der Waals surface area contributed by atoms with E-state index in [1.165, 1.54) is 0 Å². The maximum atomic E-state index is 12.6. The summed E-state index contributed by atoms with van der Waals surface area (Å²) in [6.45, 7) is 14.9. The second kappa shape index (κ2) is 21.1. The number of esters is 2. The molecule has 0 saturated carbocycles. The Hall–Kier alpha value is -3.88. The molecule has 3 rings (SSSR count). The summed E-state index contributed by atoms with van der Waals surface area (Å²) >= 11 is 0. The molecule has 0 aliphatic heterocycles. The number of hydrogen-bond acceptors (Lipinski definition) is 8. The maximum absolute atomic E-state index is 12.6. The quantitative estimate of drug-likeness (QED) is 0.0414. The van der Waals surface area contributed by atoms with Gasteiger partial charge in [0, 0.05) is 34.4 Å². The van der Waals surface area contributed by atoms with E-state index in [4.69, 9.17) is 28.4 Å². The fraction of sp³-hybridized carbons (Fsp3) is 0.487. The van der Waals surface area contributed by atoms with E-state index >= 15 is 0 Å². The van der Waals surface area contributed by atoms with Gasteiger partial charge in [0.1, 0.15) is 24.7 Å². The van der Waals surface area contributed by atoms with Gasteiger partial charge in [0.05, 0.1) is 26.4 Å². The topological polar surface area (TPSA) is 89.5 Å². The largest absolute Gasteiger partial charge is 0.488 e. The summed E-state index contributed by atoms with van der Waals surface area (Å²) in [4.78, 5) is 25.2. The van der Waals surface area contributed by atoms with Crippen molar-refractivity contribution in [3.05, 3.63) is 73.3 Å². The summed E-state index contributed by atoms with van der Waals surface area (Å²) in [5.41, 5.74) is 1.05. The number of hydrogen-bond donors (Lipinski definition) is 0. The van der Waals surface area contributed by atoms with Gasteiger partial charge in [0.25, 0.3) is 0 Å². The number of ether oxygens (including phenoxy) is 6. The molecule has 8 heteroatoms. The van der Waals surface area contributed by atoms with Crippen molar-refractivity contribution in [1.82, 2.24) is 0 Å². The minimum Gasteiger partial charge on any atom is -0.488 e. The van der Waals surface area contributed by atoms with Crippen LogP contribution in [0.25, 0.3) is 21.5 Å². The van der Waals surface area contributed by atoms with Crippen LogP contribution in [0.15, 0.2) is 67.8 Å². The Morgan fingerprint density at radius 1 is 0.660 bits per heavy atom. The third-order valence-corrected chi connectivity index (χ3v) is 7.55. The van der Waals surface area contributed by atoms with Gasteiger partial charge in [0.15, 0.2) is 12.2 Å². The van der Waals surface area contributed by atoms with Gasteiger partial charge in [-0.15, -0.1) is 13.2 Å². The van der Waals surface area contributed by atoms with Gasteiger partial charge in [-0.25, -0.2) is 0 Å². The van der Waals surface area contributed by atoms with E-state index < -0.39 is 12.2 Å². The minimum atomic E-state index is -0.595. The number of rotatable bonds is 24. The van der Waals surface area contributed by atoms with E-state index in [0.717, 1.165) is 65.6 Å². The highest BCUT2D eigenvalue weighted by Gasteiger charge is 2.22. The maximum Gasteiger partial charge on any atom is 0.306 e. The second-order valence-corrected chi connectivity index (χ2v) is 11.7. The zero-order chi connectivity index (χ0) is 33.9. The predicted octanol–water partition coefficient (Wildman–Crippen LogP) is 8.45. The smallest absolute Gasteiger partial charge is 0.306 e. The molecule has 0 aromatic heterocycles. The average Bonchev–Trinajstić information content (AvgIpc) is 3.06. The first kappa shape index (κ1) is 37.6. The highest BCUT2D eigenvalue weighted by Crippen LogP contribution is 2.43. The molecule has 0 amide bonds. The van der Waals surface area contributed by atoms with Gasteiger partial charge in [-0.05, 0) is 25.8 Å². The normalized spacial score (nSPS) is 12.4. The first-order chi connectivity index (χ1) is 22.9. The highest BCUT2D eigenvalue weighted by atomic mass is 16.6. The van der Waals surface area contributed by atoms with Crippen LogP contribution in [0.3, 0.4) is 0 Å². The molecule has 0 aliphatic rings. The van der Waals surface area contributed by atoms with Crippen LogP contribution in [-0.4, -0.2) is 63.8 Å². The lowest BCUT2D eigenvalue weighted by atomic mass is 9.99. The van der Waals surface area contributed by atoms with E-state index in [-0.39, 0.29) is 38.4 Å². The first-order valence-electron chi connectivity index (χ1n) is 16.9. The minimum absolute atomic E-state index is 0.112. The van der Waals surface area contributed by atoms with Crippen molar-refractivity contribution in [2.45, 2.75) is 84.3 Å². The molecular weight excluding hydrogens is 596 g/mol. The molecule has 0 N–H and O–H groups in total. The van der Waals surface area contributed by atoms with E-state index in [2.05, 4.69) is 33.1 Å². The molecule has 0 spiro atoms. The fourth-order valence-electron chi connectivity index (χ4n) is 5.20. The van der Waals surface area contributed by atoms with E-state index in [0.29, 0.717) is 37.6 Å². The Morgan fingerprint density at radius 3 is 1.60 bits per heavy atom. The van der Waals surface area contributed by atoms with E-state index in [1.54, 1.807) is 12.2 Å². The standard InChI is InChI=1S/C39H52O8/c1-6-10-12-18-36(40)46-30(25-42-22-8-3)27-44-38-32-16-14-15-17-33(32)39(35-24-29(5)20-21-34(35)38)45-28-31(26-43-23-9-4)47-37(41)19-13-11-7-2/h8-9,14-17,20-21,24,30-31H,3-4,6-7,10-13,18-19,22-23,25-28H2,1-2,5H3. The number of fused-ring (bicyclic) bond motifs is 2. The highest BCUT2D eigenvalue weighted by molar-refractivity contribution is 6.11. The van der Waals surface area contributed by atoms with Crippen molar-refractivity contribution in [3.63, 3.8) is 0 Å². The lowest BCUT2D eigenvalue weighted by Gasteiger charge is -2.23. The Bertz CT molecular complexity index is 1430. The Morgan fingerprint density at radius 2 is 1.13 bits per heavy atom. The zero-order valence-electron chi connectivity index (χ0n) is 28.4. The molecule has 0 bridgehead atoms. The Labute approximate surface area is 280 Å². The zero-order valence-corrected chi connectivity index (χ0v) is 28.4. The van der Waals surface area contributed by atoms with Crippen LogP contribution in [0.5, 0.6) is 11.5 Å². The Balaban J connectivity index is 1.91. The van der Waals surface area contributed by atoms with Gasteiger partial charge in [0.2, 0.25) is 0 Å². The van der Waals surface area contributed by atoms with Crippen LogP contribution < -0.4 is 9.47 Å². The molecule has 47 heavy (non-hydrogen) atoms. The van der Waals surface area contributed by atoms with Gasteiger partial charge in [-0.1, -0.05) is 93.6 Å². The summed E-state index contributed by atoms with van der Waals surface area (Å²) in [6.07, 6.45) is 8.40. The van der Waals surface area contributed by atoms with Crippen molar-refractivity contribution in [2.75, 3.05) is 39.6 Å². The summed E-state index contributed by atoms with van der Waals surface area (Å²) in [5.74, 6) is 0.796. The Kier molecular flexibility index (Phi) is 16.9. The molecule has 0 aliphatic carbocycles. The van der Waals surface area contributed by atoms with Crippen LogP contribution in [0.4, 0.5) is 0 Å². The van der Waals surface area contributed by atoms with Crippen molar-refractivity contribution >= 4 is 33.5 Å². The van der Waals surface area contributed by atoms with Crippen LogP contribution in [-0.2, 0) is 28.5 Å². The van der Waals surface area contributed by atoms with Gasteiger partial charge >= 0.3 is 11.9 Å². The van der Waals surface area contributed by atoms with Crippen molar-refractivity contribution in [2.24, 2.45) is 0 Å².